The second-order valence-electron chi connectivity index (χ2n) is 8.59. The van der Waals surface area contributed by atoms with Crippen molar-refractivity contribution in [3.8, 4) is 0 Å². The highest BCUT2D eigenvalue weighted by atomic mass is 19.4. The number of benzene rings is 2. The summed E-state index contributed by atoms with van der Waals surface area (Å²) in [5.74, 6) is 0.183. The first kappa shape index (κ1) is 22.2. The topological polar surface area (TPSA) is 75.6 Å². The third-order valence-electron chi connectivity index (χ3n) is 6.17. The van der Waals surface area contributed by atoms with E-state index in [0.717, 1.165) is 23.0 Å². The van der Waals surface area contributed by atoms with E-state index in [0.29, 0.717) is 37.2 Å². The molecule has 0 unspecified atom stereocenters. The van der Waals surface area contributed by atoms with Crippen molar-refractivity contribution in [3.05, 3.63) is 82.9 Å². The largest absolute Gasteiger partial charge is 0.435 e. The molecule has 2 N–H and O–H groups in total. The van der Waals surface area contributed by atoms with Gasteiger partial charge in [0.1, 0.15) is 12.4 Å². The molecule has 34 heavy (non-hydrogen) atoms. The van der Waals surface area contributed by atoms with Gasteiger partial charge in [-0.3, -0.25) is 9.48 Å². The summed E-state index contributed by atoms with van der Waals surface area (Å²) >= 11 is 0. The first-order valence-corrected chi connectivity index (χ1v) is 11.3. The standard InChI is InChI=1S/C25H24F3N5O/c26-25(27,28)23-17-10-4-7-13-21(17)33(32-23)15-22(34)29-20(14-16-8-2-1-3-9-16)24-30-18-11-5-6-12-19(18)31-24/h1-3,5-6,8-9,11-12,20H,4,7,10,13-15H2,(H,29,34)(H,30,31)/t20-/m0/s1. The number of nitrogens with zero attached hydrogens (tertiary/aromatic N) is 3. The fourth-order valence-corrected chi connectivity index (χ4v) is 4.61. The van der Waals surface area contributed by atoms with Crippen LogP contribution in [0.1, 0.15) is 47.2 Å². The van der Waals surface area contributed by atoms with Gasteiger partial charge in [-0.2, -0.15) is 18.3 Å². The molecular weight excluding hydrogens is 443 g/mol. The first-order chi connectivity index (χ1) is 16.4. The molecule has 0 saturated heterocycles. The number of hydrogen-bond donors (Lipinski definition) is 2. The van der Waals surface area contributed by atoms with Gasteiger partial charge in [0.15, 0.2) is 5.69 Å². The summed E-state index contributed by atoms with van der Waals surface area (Å²) in [6.45, 7) is -0.274. The van der Waals surface area contributed by atoms with Crippen LogP contribution in [0.2, 0.25) is 0 Å². The maximum absolute atomic E-state index is 13.5. The smallest absolute Gasteiger partial charge is 0.344 e. The van der Waals surface area contributed by atoms with Crippen molar-refractivity contribution in [2.45, 2.75) is 50.9 Å². The van der Waals surface area contributed by atoms with Crippen molar-refractivity contribution in [1.82, 2.24) is 25.1 Å². The van der Waals surface area contributed by atoms with E-state index in [4.69, 9.17) is 0 Å². The molecule has 1 amide bonds. The molecule has 4 aromatic rings. The van der Waals surface area contributed by atoms with Gasteiger partial charge in [0, 0.05) is 11.3 Å². The van der Waals surface area contributed by atoms with Gasteiger partial charge in [0.2, 0.25) is 5.91 Å². The van der Waals surface area contributed by atoms with E-state index < -0.39 is 23.8 Å². The van der Waals surface area contributed by atoms with Crippen LogP contribution in [0.3, 0.4) is 0 Å². The number of H-pyrrole nitrogens is 1. The van der Waals surface area contributed by atoms with E-state index in [-0.39, 0.29) is 12.1 Å². The summed E-state index contributed by atoms with van der Waals surface area (Å²) < 4.78 is 41.8. The predicted octanol–water partition coefficient (Wildman–Crippen LogP) is 4.76. The Morgan fingerprint density at radius 3 is 2.56 bits per heavy atom. The third-order valence-corrected chi connectivity index (χ3v) is 6.17. The maximum atomic E-state index is 13.5. The Kier molecular flexibility index (Phi) is 5.85. The van der Waals surface area contributed by atoms with Gasteiger partial charge in [-0.15, -0.1) is 0 Å². The highest BCUT2D eigenvalue weighted by Gasteiger charge is 2.39. The molecule has 2 aromatic carbocycles. The summed E-state index contributed by atoms with van der Waals surface area (Å²) in [6, 6.07) is 16.8. The Morgan fingerprint density at radius 1 is 1.06 bits per heavy atom. The number of carbonyl (C=O) groups is 1. The van der Waals surface area contributed by atoms with Gasteiger partial charge in [-0.05, 0) is 49.8 Å². The van der Waals surface area contributed by atoms with Crippen molar-refractivity contribution in [2.75, 3.05) is 0 Å². The summed E-state index contributed by atoms with van der Waals surface area (Å²) in [5.41, 5.74) is 2.50. The number of nitrogens with one attached hydrogen (secondary N) is 2. The molecule has 9 heteroatoms. The molecule has 0 spiro atoms. The molecule has 2 aromatic heterocycles. The summed E-state index contributed by atoms with van der Waals surface area (Å²) in [5, 5.41) is 6.78. The van der Waals surface area contributed by atoms with E-state index in [1.54, 1.807) is 0 Å². The summed E-state index contributed by atoms with van der Waals surface area (Å²) in [7, 11) is 0. The fraction of sp³-hybridized carbons (Fsp3) is 0.320. The van der Waals surface area contributed by atoms with Gasteiger partial charge in [0.25, 0.3) is 0 Å². The number of alkyl halides is 3. The maximum Gasteiger partial charge on any atom is 0.435 e. The van der Waals surface area contributed by atoms with Crippen LogP contribution in [0.25, 0.3) is 11.0 Å². The quantitative estimate of drug-likeness (QED) is 0.430. The SMILES string of the molecule is O=C(Cn1nc(C(F)(F)F)c2c1CCCC2)N[C@@H](Cc1ccccc1)c1nc2ccccc2[nH]1. The van der Waals surface area contributed by atoms with Crippen LogP contribution in [0.5, 0.6) is 0 Å². The highest BCUT2D eigenvalue weighted by molar-refractivity contribution is 5.77. The third kappa shape index (κ3) is 4.55. The lowest BCUT2D eigenvalue weighted by molar-refractivity contribution is -0.142. The Labute approximate surface area is 194 Å². The second-order valence-corrected chi connectivity index (χ2v) is 8.59. The van der Waals surface area contributed by atoms with E-state index in [1.807, 2.05) is 54.6 Å². The number of aromatic nitrogens is 4. The first-order valence-electron chi connectivity index (χ1n) is 11.3. The molecule has 5 rings (SSSR count). The van der Waals surface area contributed by atoms with Crippen molar-refractivity contribution in [3.63, 3.8) is 0 Å². The van der Waals surface area contributed by atoms with Crippen molar-refractivity contribution >= 4 is 16.9 Å². The van der Waals surface area contributed by atoms with Crippen molar-refractivity contribution in [1.29, 1.82) is 0 Å². The average molecular weight is 467 g/mol. The van der Waals surface area contributed by atoms with Crippen molar-refractivity contribution < 1.29 is 18.0 Å². The number of amides is 1. The monoisotopic (exact) mass is 467 g/mol. The lowest BCUT2D eigenvalue weighted by atomic mass is 9.95. The number of imidazole rings is 1. The van der Waals surface area contributed by atoms with E-state index in [1.165, 1.54) is 4.68 Å². The number of halogens is 3. The van der Waals surface area contributed by atoms with Gasteiger partial charge in [-0.25, -0.2) is 4.98 Å². The highest BCUT2D eigenvalue weighted by Crippen LogP contribution is 2.35. The molecule has 0 saturated carbocycles. The molecule has 1 aliphatic carbocycles. The number of rotatable bonds is 6. The lowest BCUT2D eigenvalue weighted by Gasteiger charge is -2.18. The van der Waals surface area contributed by atoms with Gasteiger partial charge in [-0.1, -0.05) is 42.5 Å². The number of aromatic amines is 1. The van der Waals surface area contributed by atoms with Crippen LogP contribution in [0, 0.1) is 0 Å². The zero-order valence-corrected chi connectivity index (χ0v) is 18.4. The van der Waals surface area contributed by atoms with Crippen LogP contribution in [-0.2, 0) is 36.8 Å². The molecule has 1 atom stereocenters. The normalized spacial score (nSPS) is 14.7. The molecule has 0 fully saturated rings. The van der Waals surface area contributed by atoms with Gasteiger partial charge in [0.05, 0.1) is 17.1 Å². The molecular formula is C25H24F3N5O. The molecule has 0 bridgehead atoms. The van der Waals surface area contributed by atoms with E-state index >= 15 is 0 Å². The number of hydrogen-bond acceptors (Lipinski definition) is 3. The van der Waals surface area contributed by atoms with Crippen LogP contribution >= 0.6 is 0 Å². The van der Waals surface area contributed by atoms with Gasteiger partial charge >= 0.3 is 6.18 Å². The number of carbonyl (C=O) groups excluding carboxylic acids is 1. The average Bonchev–Trinajstić information content (AvgIpc) is 3.41. The fourth-order valence-electron chi connectivity index (χ4n) is 4.61. The van der Waals surface area contributed by atoms with Crippen LogP contribution < -0.4 is 5.32 Å². The van der Waals surface area contributed by atoms with Crippen molar-refractivity contribution in [2.24, 2.45) is 0 Å². The molecule has 1 aliphatic rings. The molecule has 6 nitrogen and oxygen atoms in total. The second kappa shape index (κ2) is 8.96. The minimum absolute atomic E-state index is 0.227. The zero-order chi connectivity index (χ0) is 23.7. The predicted molar refractivity (Wildman–Crippen MR) is 121 cm³/mol. The molecule has 0 radical (unpaired) electrons. The van der Waals surface area contributed by atoms with Gasteiger partial charge < -0.3 is 10.3 Å². The Bertz CT molecular complexity index is 1280. The summed E-state index contributed by atoms with van der Waals surface area (Å²) in [4.78, 5) is 20.9. The molecule has 2 heterocycles. The van der Waals surface area contributed by atoms with E-state index in [2.05, 4.69) is 20.4 Å². The molecule has 176 valence electrons. The summed E-state index contributed by atoms with van der Waals surface area (Å²) in [6.07, 6.45) is -1.75. The number of para-hydroxylation sites is 2. The minimum Gasteiger partial charge on any atom is -0.344 e. The lowest BCUT2D eigenvalue weighted by Crippen LogP contribution is -2.34. The minimum atomic E-state index is -4.53. The van der Waals surface area contributed by atoms with Crippen LogP contribution in [0.4, 0.5) is 13.2 Å². The Hall–Kier alpha value is -3.62. The molecule has 0 aliphatic heterocycles. The van der Waals surface area contributed by atoms with Crippen LogP contribution in [-0.4, -0.2) is 25.7 Å². The Balaban J connectivity index is 1.41. The Morgan fingerprint density at radius 2 is 1.79 bits per heavy atom. The van der Waals surface area contributed by atoms with E-state index in [9.17, 15) is 18.0 Å². The van der Waals surface area contributed by atoms with Crippen LogP contribution in [0.15, 0.2) is 54.6 Å². The number of fused-ring (bicyclic) bond motifs is 2. The zero-order valence-electron chi connectivity index (χ0n) is 18.4.